The van der Waals surface area contributed by atoms with Crippen molar-refractivity contribution in [3.8, 4) is 0 Å². The molecule has 3 nitrogen and oxygen atoms in total. The van der Waals surface area contributed by atoms with Gasteiger partial charge in [-0.25, -0.2) is 9.37 Å². The Morgan fingerprint density at radius 2 is 2.15 bits per heavy atom. The summed E-state index contributed by atoms with van der Waals surface area (Å²) in [6.45, 7) is 1.76. The normalized spacial score (nSPS) is 16.6. The summed E-state index contributed by atoms with van der Waals surface area (Å²) >= 11 is 5.67. The molecule has 2 rings (SSSR count). The van der Waals surface area contributed by atoms with Gasteiger partial charge in [-0.15, -0.1) is 0 Å². The Balaban J connectivity index is 1.68. The fraction of sp³-hybridized carbons (Fsp3) is 0.667. The molecule has 5 heteroatoms. The van der Waals surface area contributed by atoms with E-state index in [1.165, 1.54) is 44.4 Å². The SMILES string of the molecule is CN(CCCNc1ncc(Cl)cc1F)C1CCCCC1. The molecule has 1 heterocycles. The number of hydrogen-bond acceptors (Lipinski definition) is 3. The maximum absolute atomic E-state index is 13.5. The number of nitrogens with one attached hydrogen (secondary N) is 1. The molecule has 0 saturated heterocycles. The molecule has 0 aromatic carbocycles. The summed E-state index contributed by atoms with van der Waals surface area (Å²) in [4.78, 5) is 6.39. The largest absolute Gasteiger partial charge is 0.368 e. The molecule has 1 saturated carbocycles. The summed E-state index contributed by atoms with van der Waals surface area (Å²) in [5.74, 6) is -0.104. The van der Waals surface area contributed by atoms with Crippen molar-refractivity contribution < 1.29 is 4.39 Å². The number of nitrogens with zero attached hydrogens (tertiary/aromatic N) is 2. The first-order valence-electron chi connectivity index (χ1n) is 7.42. The summed E-state index contributed by atoms with van der Waals surface area (Å²) in [5.41, 5.74) is 0. The van der Waals surface area contributed by atoms with Crippen LogP contribution in [0.5, 0.6) is 0 Å². The molecule has 0 unspecified atom stereocenters. The second-order valence-electron chi connectivity index (χ2n) is 5.54. The first-order chi connectivity index (χ1) is 9.66. The van der Waals surface area contributed by atoms with Crippen molar-refractivity contribution in [1.82, 2.24) is 9.88 Å². The van der Waals surface area contributed by atoms with E-state index >= 15 is 0 Å². The van der Waals surface area contributed by atoms with E-state index in [4.69, 9.17) is 11.6 Å². The van der Waals surface area contributed by atoms with E-state index in [-0.39, 0.29) is 5.82 Å². The molecule has 1 N–H and O–H groups in total. The second-order valence-corrected chi connectivity index (χ2v) is 5.97. The number of halogens is 2. The Kier molecular flexibility index (Phi) is 6.05. The van der Waals surface area contributed by atoms with Gasteiger partial charge in [0.2, 0.25) is 0 Å². The summed E-state index contributed by atoms with van der Waals surface area (Å²) in [7, 11) is 2.19. The van der Waals surface area contributed by atoms with Crippen molar-refractivity contribution in [2.24, 2.45) is 0 Å². The Bertz CT molecular complexity index is 422. The van der Waals surface area contributed by atoms with Gasteiger partial charge in [0.05, 0.1) is 5.02 Å². The summed E-state index contributed by atoms with van der Waals surface area (Å²) in [6, 6.07) is 2.01. The van der Waals surface area contributed by atoms with Crippen LogP contribution in [0, 0.1) is 5.82 Å². The Hall–Kier alpha value is -0.870. The standard InChI is InChI=1S/C15H23ClFN3/c1-20(13-6-3-2-4-7-13)9-5-8-18-15-14(17)10-12(16)11-19-15/h10-11,13H,2-9H2,1H3,(H,18,19). The van der Waals surface area contributed by atoms with Crippen LogP contribution < -0.4 is 5.32 Å². The summed E-state index contributed by atoms with van der Waals surface area (Å²) in [5, 5.41) is 3.35. The minimum absolute atomic E-state index is 0.287. The van der Waals surface area contributed by atoms with E-state index in [0.717, 1.165) is 25.6 Å². The quantitative estimate of drug-likeness (QED) is 0.807. The minimum Gasteiger partial charge on any atom is -0.368 e. The highest BCUT2D eigenvalue weighted by Gasteiger charge is 2.17. The average Bonchev–Trinajstić information content (AvgIpc) is 2.46. The number of aromatic nitrogens is 1. The zero-order valence-corrected chi connectivity index (χ0v) is 12.8. The van der Waals surface area contributed by atoms with E-state index in [2.05, 4.69) is 22.2 Å². The number of pyridine rings is 1. The van der Waals surface area contributed by atoms with Gasteiger partial charge in [0.1, 0.15) is 0 Å². The van der Waals surface area contributed by atoms with Crippen molar-refractivity contribution in [3.05, 3.63) is 23.1 Å². The molecule has 1 aliphatic rings. The highest BCUT2D eigenvalue weighted by Crippen LogP contribution is 2.21. The monoisotopic (exact) mass is 299 g/mol. The van der Waals surface area contributed by atoms with Crippen LogP contribution in [-0.4, -0.2) is 36.1 Å². The molecule has 112 valence electrons. The van der Waals surface area contributed by atoms with Gasteiger partial charge in [0.15, 0.2) is 11.6 Å². The predicted octanol–water partition coefficient (Wildman–Crippen LogP) is 3.94. The van der Waals surface area contributed by atoms with Crippen molar-refractivity contribution in [2.75, 3.05) is 25.5 Å². The van der Waals surface area contributed by atoms with Gasteiger partial charge >= 0.3 is 0 Å². The Morgan fingerprint density at radius 1 is 1.40 bits per heavy atom. The molecule has 1 aromatic heterocycles. The van der Waals surface area contributed by atoms with Crippen molar-refractivity contribution in [1.29, 1.82) is 0 Å². The van der Waals surface area contributed by atoms with E-state index < -0.39 is 5.82 Å². The number of hydrogen-bond donors (Lipinski definition) is 1. The van der Waals surface area contributed by atoms with Crippen LogP contribution in [0.25, 0.3) is 0 Å². The van der Waals surface area contributed by atoms with Gasteiger partial charge in [-0.05, 0) is 38.9 Å². The number of rotatable bonds is 6. The van der Waals surface area contributed by atoms with E-state index in [9.17, 15) is 4.39 Å². The van der Waals surface area contributed by atoms with Crippen LogP contribution in [0.2, 0.25) is 5.02 Å². The smallest absolute Gasteiger partial charge is 0.166 e. The highest BCUT2D eigenvalue weighted by atomic mass is 35.5. The van der Waals surface area contributed by atoms with E-state index in [1.54, 1.807) is 0 Å². The van der Waals surface area contributed by atoms with Crippen molar-refractivity contribution in [2.45, 2.75) is 44.6 Å². The van der Waals surface area contributed by atoms with Crippen LogP contribution in [0.15, 0.2) is 12.3 Å². The predicted molar refractivity (Wildman–Crippen MR) is 81.8 cm³/mol. The van der Waals surface area contributed by atoms with Gasteiger partial charge in [-0.1, -0.05) is 30.9 Å². The third-order valence-electron chi connectivity index (χ3n) is 3.99. The molecule has 1 aromatic rings. The van der Waals surface area contributed by atoms with Gasteiger partial charge in [0, 0.05) is 18.8 Å². The molecular weight excluding hydrogens is 277 g/mol. The van der Waals surface area contributed by atoms with E-state index in [1.807, 2.05) is 0 Å². The molecule has 0 atom stereocenters. The zero-order chi connectivity index (χ0) is 14.4. The highest BCUT2D eigenvalue weighted by molar-refractivity contribution is 6.30. The molecule has 0 spiro atoms. The molecular formula is C15H23ClFN3. The van der Waals surface area contributed by atoms with Crippen LogP contribution in [-0.2, 0) is 0 Å². The fourth-order valence-electron chi connectivity index (χ4n) is 2.78. The van der Waals surface area contributed by atoms with Crippen LogP contribution >= 0.6 is 11.6 Å². The van der Waals surface area contributed by atoms with Crippen LogP contribution in [0.1, 0.15) is 38.5 Å². The Labute approximate surface area is 125 Å². The molecule has 0 amide bonds. The van der Waals surface area contributed by atoms with Gasteiger partial charge in [-0.3, -0.25) is 0 Å². The maximum Gasteiger partial charge on any atom is 0.166 e. The lowest BCUT2D eigenvalue weighted by molar-refractivity contribution is 0.191. The molecule has 20 heavy (non-hydrogen) atoms. The molecule has 1 fully saturated rings. The zero-order valence-electron chi connectivity index (χ0n) is 12.0. The van der Waals surface area contributed by atoms with Crippen molar-refractivity contribution in [3.63, 3.8) is 0 Å². The third kappa shape index (κ3) is 4.60. The van der Waals surface area contributed by atoms with Gasteiger partial charge in [0.25, 0.3) is 0 Å². The summed E-state index contributed by atoms with van der Waals surface area (Å²) in [6.07, 6.45) is 9.17. The van der Waals surface area contributed by atoms with Crippen molar-refractivity contribution >= 4 is 17.4 Å². The summed E-state index contributed by atoms with van der Waals surface area (Å²) < 4.78 is 13.5. The van der Waals surface area contributed by atoms with E-state index in [0.29, 0.717) is 5.02 Å². The lowest BCUT2D eigenvalue weighted by Crippen LogP contribution is -2.34. The number of anilines is 1. The lowest BCUT2D eigenvalue weighted by atomic mass is 9.94. The minimum atomic E-state index is -0.391. The van der Waals surface area contributed by atoms with Gasteiger partial charge in [-0.2, -0.15) is 0 Å². The molecule has 0 radical (unpaired) electrons. The third-order valence-corrected chi connectivity index (χ3v) is 4.19. The maximum atomic E-state index is 13.5. The van der Waals surface area contributed by atoms with Gasteiger partial charge < -0.3 is 10.2 Å². The van der Waals surface area contributed by atoms with Crippen LogP contribution in [0.4, 0.5) is 10.2 Å². The molecule has 1 aliphatic carbocycles. The topological polar surface area (TPSA) is 28.2 Å². The lowest BCUT2D eigenvalue weighted by Gasteiger charge is -2.31. The van der Waals surface area contributed by atoms with Crippen LogP contribution in [0.3, 0.4) is 0 Å². The fourth-order valence-corrected chi connectivity index (χ4v) is 2.93. The molecule has 0 bridgehead atoms. The first-order valence-corrected chi connectivity index (χ1v) is 7.80. The average molecular weight is 300 g/mol. The second kappa shape index (κ2) is 7.79. The first kappa shape index (κ1) is 15.5. The Morgan fingerprint density at radius 3 is 2.85 bits per heavy atom. The molecule has 0 aliphatic heterocycles.